The van der Waals surface area contributed by atoms with Gasteiger partial charge >= 0.3 is 11.9 Å². The van der Waals surface area contributed by atoms with Crippen LogP contribution in [-0.4, -0.2) is 39.4 Å². The molecule has 1 atom stereocenters. The third-order valence-electron chi connectivity index (χ3n) is 3.90. The lowest BCUT2D eigenvalue weighted by molar-refractivity contribution is -0.143. The molecule has 1 fully saturated rings. The molecule has 1 unspecified atom stereocenters. The van der Waals surface area contributed by atoms with Gasteiger partial charge in [0.15, 0.2) is 0 Å². The highest BCUT2D eigenvalue weighted by Gasteiger charge is 2.28. The summed E-state index contributed by atoms with van der Waals surface area (Å²) in [7, 11) is -3.50. The molecule has 0 amide bonds. The Bertz CT molecular complexity index is 488. The lowest BCUT2D eigenvalue weighted by atomic mass is 9.81. The van der Waals surface area contributed by atoms with Crippen molar-refractivity contribution in [2.75, 3.05) is 12.3 Å². The van der Waals surface area contributed by atoms with E-state index in [1.807, 2.05) is 13.8 Å². The minimum Gasteiger partial charge on any atom is -0.481 e. The molecule has 0 aromatic heterocycles. The zero-order valence-electron chi connectivity index (χ0n) is 13.1. The van der Waals surface area contributed by atoms with E-state index < -0.39 is 19.3 Å². The average Bonchev–Trinajstić information content (AvgIpc) is 2.36. The largest absolute Gasteiger partial charge is 0.481 e. The summed E-state index contributed by atoms with van der Waals surface area (Å²) in [5.74, 6) is -2.34. The first-order chi connectivity index (χ1) is 10.1. The van der Waals surface area contributed by atoms with Gasteiger partial charge in [-0.25, -0.2) is 4.79 Å². The smallest absolute Gasteiger partial charge is 0.331 e. The molecule has 6 nitrogen and oxygen atoms in total. The van der Waals surface area contributed by atoms with Gasteiger partial charge in [-0.05, 0) is 37.5 Å². The molecule has 0 aromatic rings. The molecule has 7 heteroatoms. The zero-order chi connectivity index (χ0) is 16.9. The van der Waals surface area contributed by atoms with Crippen molar-refractivity contribution >= 4 is 19.3 Å². The first kappa shape index (κ1) is 18.9. The summed E-state index contributed by atoms with van der Waals surface area (Å²) in [5, 5.41) is 18.2. The van der Waals surface area contributed by atoms with Crippen LogP contribution in [0.25, 0.3) is 0 Å². The summed E-state index contributed by atoms with van der Waals surface area (Å²) in [5.41, 5.74) is -0.0229. The van der Waals surface area contributed by atoms with Crippen LogP contribution in [0.2, 0.25) is 0 Å². The Morgan fingerprint density at radius 1 is 1.18 bits per heavy atom. The van der Waals surface area contributed by atoms with Gasteiger partial charge in [0.05, 0.1) is 12.1 Å². The first-order valence-electron chi connectivity index (χ1n) is 7.58. The number of allylic oxidation sites excluding steroid dienone is 1. The van der Waals surface area contributed by atoms with Crippen LogP contribution in [0.4, 0.5) is 0 Å². The third kappa shape index (κ3) is 6.32. The van der Waals surface area contributed by atoms with Gasteiger partial charge in [-0.1, -0.05) is 19.9 Å². The minimum atomic E-state index is -3.50. The lowest BCUT2D eigenvalue weighted by Gasteiger charge is -2.24. The quantitative estimate of drug-likeness (QED) is 0.488. The molecule has 0 radical (unpaired) electrons. The van der Waals surface area contributed by atoms with E-state index in [1.54, 1.807) is 6.08 Å². The third-order valence-corrected chi connectivity index (χ3v) is 6.04. The van der Waals surface area contributed by atoms with Gasteiger partial charge in [-0.2, -0.15) is 0 Å². The van der Waals surface area contributed by atoms with Gasteiger partial charge in [-0.15, -0.1) is 0 Å². The molecule has 1 saturated carbocycles. The first-order valence-corrected chi connectivity index (χ1v) is 9.61. The van der Waals surface area contributed by atoms with E-state index in [-0.39, 0.29) is 35.7 Å². The highest BCUT2D eigenvalue weighted by Crippen LogP contribution is 2.44. The number of carbonyl (C=O) groups is 2. The van der Waals surface area contributed by atoms with E-state index in [1.165, 1.54) is 0 Å². The highest BCUT2D eigenvalue weighted by atomic mass is 31.2. The fraction of sp³-hybridized carbons (Fsp3) is 0.733. The van der Waals surface area contributed by atoms with Crippen molar-refractivity contribution in [2.45, 2.75) is 39.5 Å². The number of hydrogen-bond donors (Lipinski definition) is 3. The van der Waals surface area contributed by atoms with Crippen LogP contribution in [0.1, 0.15) is 39.5 Å². The summed E-state index contributed by atoms with van der Waals surface area (Å²) in [6, 6.07) is 0. The van der Waals surface area contributed by atoms with Crippen LogP contribution in [0.3, 0.4) is 0 Å². The molecular weight excluding hydrogens is 307 g/mol. The molecular formula is C15H25O6P. The van der Waals surface area contributed by atoms with Crippen molar-refractivity contribution in [1.82, 2.24) is 0 Å². The predicted molar refractivity (Wildman–Crippen MR) is 83.2 cm³/mol. The van der Waals surface area contributed by atoms with Crippen molar-refractivity contribution in [2.24, 2.45) is 17.8 Å². The van der Waals surface area contributed by atoms with Crippen molar-refractivity contribution in [3.63, 3.8) is 0 Å². The van der Waals surface area contributed by atoms with E-state index in [0.717, 1.165) is 0 Å². The van der Waals surface area contributed by atoms with E-state index >= 15 is 0 Å². The number of hydrogen-bond acceptors (Lipinski definition) is 3. The van der Waals surface area contributed by atoms with Crippen LogP contribution in [0.5, 0.6) is 0 Å². The Kier molecular flexibility index (Phi) is 6.82. The predicted octanol–water partition coefficient (Wildman–Crippen LogP) is 2.81. The van der Waals surface area contributed by atoms with Crippen molar-refractivity contribution in [3.8, 4) is 0 Å². The van der Waals surface area contributed by atoms with Gasteiger partial charge in [-0.3, -0.25) is 9.36 Å². The van der Waals surface area contributed by atoms with Crippen molar-refractivity contribution in [1.29, 1.82) is 0 Å². The van der Waals surface area contributed by atoms with Gasteiger partial charge in [0.2, 0.25) is 7.37 Å². The van der Waals surface area contributed by atoms with Gasteiger partial charge in [0, 0.05) is 11.7 Å². The summed E-state index contributed by atoms with van der Waals surface area (Å²) < 4.78 is 12.1. The fourth-order valence-electron chi connectivity index (χ4n) is 2.91. The van der Waals surface area contributed by atoms with Gasteiger partial charge in [0.1, 0.15) is 0 Å². The zero-order valence-corrected chi connectivity index (χ0v) is 14.0. The maximum Gasteiger partial charge on any atom is 0.331 e. The molecule has 22 heavy (non-hydrogen) atoms. The molecule has 0 bridgehead atoms. The van der Waals surface area contributed by atoms with Crippen LogP contribution >= 0.6 is 7.37 Å². The topological polar surface area (TPSA) is 112 Å². The standard InChI is InChI=1S/C15H25O6P/c1-10(2)8-22(20,21)9-13(15(18)19)7-11-3-5-12(6-4-11)14(16)17/h7,10-12H,3-6,8-9H2,1-2H3,(H,16,17)(H,18,19)(H,20,21)/b13-7+. The number of rotatable bonds is 7. The van der Waals surface area contributed by atoms with Crippen LogP contribution < -0.4 is 0 Å². The molecule has 1 aliphatic carbocycles. The molecule has 0 saturated heterocycles. The van der Waals surface area contributed by atoms with E-state index in [4.69, 9.17) is 5.11 Å². The Balaban J connectivity index is 2.74. The summed E-state index contributed by atoms with van der Waals surface area (Å²) in [6.45, 7) is 3.64. The number of aliphatic carboxylic acids is 2. The summed E-state index contributed by atoms with van der Waals surface area (Å²) in [4.78, 5) is 32.1. The molecule has 3 N–H and O–H groups in total. The Labute approximate surface area is 130 Å². The second-order valence-corrected chi connectivity index (χ2v) is 8.90. The molecule has 126 valence electrons. The molecule has 1 rings (SSSR count). The van der Waals surface area contributed by atoms with E-state index in [2.05, 4.69) is 0 Å². The van der Waals surface area contributed by atoms with Gasteiger partial charge < -0.3 is 15.1 Å². The molecule has 0 aliphatic heterocycles. The van der Waals surface area contributed by atoms with E-state index in [9.17, 15) is 24.2 Å². The van der Waals surface area contributed by atoms with Crippen LogP contribution in [0.15, 0.2) is 11.6 Å². The Morgan fingerprint density at radius 2 is 1.73 bits per heavy atom. The molecule has 0 aromatic carbocycles. The summed E-state index contributed by atoms with van der Waals surface area (Å²) in [6.07, 6.45) is 3.59. The second kappa shape index (κ2) is 7.93. The Hall–Kier alpha value is -1.13. The van der Waals surface area contributed by atoms with Crippen molar-refractivity contribution in [3.05, 3.63) is 11.6 Å². The molecule has 0 spiro atoms. The van der Waals surface area contributed by atoms with Crippen molar-refractivity contribution < 1.29 is 29.3 Å². The normalized spacial score (nSPS) is 25.7. The van der Waals surface area contributed by atoms with Crippen LogP contribution in [-0.2, 0) is 14.2 Å². The average molecular weight is 332 g/mol. The molecule has 1 aliphatic rings. The number of carboxylic acid groups (broad SMARTS) is 2. The maximum atomic E-state index is 12.1. The van der Waals surface area contributed by atoms with E-state index in [0.29, 0.717) is 25.7 Å². The number of carboxylic acids is 2. The highest BCUT2D eigenvalue weighted by molar-refractivity contribution is 7.58. The monoisotopic (exact) mass is 332 g/mol. The fourth-order valence-corrected chi connectivity index (χ4v) is 4.95. The lowest BCUT2D eigenvalue weighted by Crippen LogP contribution is -2.21. The minimum absolute atomic E-state index is 0.0229. The summed E-state index contributed by atoms with van der Waals surface area (Å²) >= 11 is 0. The van der Waals surface area contributed by atoms with Crippen LogP contribution in [0, 0.1) is 17.8 Å². The Morgan fingerprint density at radius 3 is 2.14 bits per heavy atom. The SMILES string of the molecule is CC(C)CP(=O)(O)C/C(=C\C1CCC(C(=O)O)CC1)C(=O)O. The maximum absolute atomic E-state index is 12.1. The molecule has 0 heterocycles. The second-order valence-electron chi connectivity index (χ2n) is 6.53. The van der Waals surface area contributed by atoms with Gasteiger partial charge in [0.25, 0.3) is 0 Å².